The molecule has 4 aromatic heterocycles. The first-order valence-corrected chi connectivity index (χ1v) is 14.4. The van der Waals surface area contributed by atoms with Crippen LogP contribution in [0.15, 0.2) is 59.9 Å². The Morgan fingerprint density at radius 3 is 2.23 bits per heavy atom. The van der Waals surface area contributed by atoms with Crippen molar-refractivity contribution in [2.45, 2.75) is 57.5 Å². The van der Waals surface area contributed by atoms with Crippen LogP contribution in [0.4, 0.5) is 26.3 Å². The van der Waals surface area contributed by atoms with Crippen molar-refractivity contribution in [1.82, 2.24) is 34.1 Å². The van der Waals surface area contributed by atoms with Crippen molar-refractivity contribution in [3.05, 3.63) is 82.4 Å². The predicted molar refractivity (Wildman–Crippen MR) is 159 cm³/mol. The van der Waals surface area contributed by atoms with Crippen LogP contribution in [0.3, 0.4) is 0 Å². The predicted octanol–water partition coefficient (Wildman–Crippen LogP) is 6.28. The van der Waals surface area contributed by atoms with E-state index in [1.54, 1.807) is 54.9 Å². The molecule has 1 N–H and O–H groups in total. The number of fused-ring (bicyclic) bond motifs is 1. The standard InChI is InChI=1S/C29H26F3N7O2.C2HF3O2/c1-16(2)38-14-21(29(30,31)32)36-26(38)19-6-4-17(5-7-19)13-39-22(40)11-10-20-12-33-25(37-27(20)39)23-24(18-8-9-18)34-15-35-28(23)41-3;3-2(4,5)1(6)7/h4-7,10-12,14-16,18H,8-9,13H2,1-3H3;(H,6,7). The first-order valence-electron chi connectivity index (χ1n) is 14.4. The summed E-state index contributed by atoms with van der Waals surface area (Å²) in [5.74, 6) is -1.50. The van der Waals surface area contributed by atoms with Crippen molar-refractivity contribution in [3.63, 3.8) is 0 Å². The number of imidazole rings is 1. The van der Waals surface area contributed by atoms with Crippen molar-refractivity contribution in [3.8, 4) is 28.7 Å². The molecule has 0 saturated heterocycles. The van der Waals surface area contributed by atoms with Crippen LogP contribution in [0, 0.1) is 0 Å². The molecule has 48 heavy (non-hydrogen) atoms. The van der Waals surface area contributed by atoms with Gasteiger partial charge in [-0.25, -0.2) is 29.7 Å². The number of nitrogens with zero attached hydrogens (tertiary/aromatic N) is 7. The van der Waals surface area contributed by atoms with Crippen molar-refractivity contribution in [2.24, 2.45) is 0 Å². The number of carboxylic acids is 1. The highest BCUT2D eigenvalue weighted by Crippen LogP contribution is 2.45. The highest BCUT2D eigenvalue weighted by molar-refractivity contribution is 5.78. The number of carbonyl (C=O) groups is 1. The van der Waals surface area contributed by atoms with E-state index in [-0.39, 0.29) is 29.9 Å². The zero-order chi connectivity index (χ0) is 35.0. The molecule has 17 heteroatoms. The van der Waals surface area contributed by atoms with Gasteiger partial charge in [0.2, 0.25) is 5.88 Å². The van der Waals surface area contributed by atoms with Crippen LogP contribution in [-0.4, -0.2) is 58.4 Å². The molecule has 1 aromatic carbocycles. The number of rotatable bonds is 7. The molecule has 1 aliphatic carbocycles. The molecule has 0 bridgehead atoms. The molecule has 0 radical (unpaired) electrons. The minimum absolute atomic E-state index is 0.192. The molecule has 0 aliphatic heterocycles. The number of halogens is 6. The number of benzene rings is 1. The summed E-state index contributed by atoms with van der Waals surface area (Å²) in [6.45, 7) is 3.79. The van der Waals surface area contributed by atoms with Gasteiger partial charge in [0.25, 0.3) is 5.56 Å². The van der Waals surface area contributed by atoms with E-state index < -0.39 is 24.0 Å². The monoisotopic (exact) mass is 675 g/mol. The highest BCUT2D eigenvalue weighted by Gasteiger charge is 2.38. The van der Waals surface area contributed by atoms with E-state index in [2.05, 4.69) is 19.9 Å². The molecule has 6 rings (SSSR count). The molecule has 0 atom stereocenters. The molecule has 0 spiro atoms. The summed E-state index contributed by atoms with van der Waals surface area (Å²) in [5.41, 5.74) is 1.99. The van der Waals surface area contributed by atoms with E-state index in [0.717, 1.165) is 30.3 Å². The van der Waals surface area contributed by atoms with E-state index in [4.69, 9.17) is 19.6 Å². The summed E-state index contributed by atoms with van der Waals surface area (Å²) in [7, 11) is 1.53. The zero-order valence-electron chi connectivity index (χ0n) is 25.5. The van der Waals surface area contributed by atoms with Crippen LogP contribution in [0.2, 0.25) is 0 Å². The van der Waals surface area contributed by atoms with Crippen LogP contribution < -0.4 is 10.3 Å². The van der Waals surface area contributed by atoms with Gasteiger partial charge in [-0.1, -0.05) is 24.3 Å². The Morgan fingerprint density at radius 1 is 1.00 bits per heavy atom. The summed E-state index contributed by atoms with van der Waals surface area (Å²) in [6.07, 6.45) is -3.45. The number of aliphatic carboxylic acids is 1. The second-order valence-electron chi connectivity index (χ2n) is 11.1. The number of alkyl halides is 6. The lowest BCUT2D eigenvalue weighted by Crippen LogP contribution is -2.21. The van der Waals surface area contributed by atoms with E-state index in [9.17, 15) is 31.1 Å². The summed E-state index contributed by atoms with van der Waals surface area (Å²) in [6, 6.07) is 9.88. The smallest absolute Gasteiger partial charge is 0.480 e. The zero-order valence-corrected chi connectivity index (χ0v) is 25.5. The van der Waals surface area contributed by atoms with Gasteiger partial charge in [-0.05, 0) is 38.3 Å². The van der Waals surface area contributed by atoms with Gasteiger partial charge in [-0.15, -0.1) is 0 Å². The van der Waals surface area contributed by atoms with Gasteiger partial charge < -0.3 is 14.4 Å². The average Bonchev–Trinajstić information content (AvgIpc) is 3.78. The van der Waals surface area contributed by atoms with E-state index >= 15 is 0 Å². The highest BCUT2D eigenvalue weighted by atomic mass is 19.4. The van der Waals surface area contributed by atoms with Crippen LogP contribution in [0.25, 0.3) is 33.8 Å². The maximum Gasteiger partial charge on any atom is 0.490 e. The molecule has 4 heterocycles. The quantitative estimate of drug-likeness (QED) is 0.198. The Labute approximate surface area is 267 Å². The van der Waals surface area contributed by atoms with E-state index in [1.807, 2.05) is 0 Å². The average molecular weight is 676 g/mol. The lowest BCUT2D eigenvalue weighted by molar-refractivity contribution is -0.192. The van der Waals surface area contributed by atoms with Gasteiger partial charge in [0.1, 0.15) is 23.4 Å². The summed E-state index contributed by atoms with van der Waals surface area (Å²) in [5, 5.41) is 7.80. The van der Waals surface area contributed by atoms with Crippen molar-refractivity contribution < 1.29 is 41.0 Å². The Hall–Kier alpha value is -5.35. The van der Waals surface area contributed by atoms with Gasteiger partial charge in [0.05, 0.1) is 19.3 Å². The fraction of sp³-hybridized carbons (Fsp3) is 0.323. The number of methoxy groups -OCH3 is 1. The number of carboxylic acid groups (broad SMARTS) is 1. The number of aromatic nitrogens is 7. The normalized spacial score (nSPS) is 13.4. The summed E-state index contributed by atoms with van der Waals surface area (Å²) in [4.78, 5) is 43.8. The minimum Gasteiger partial charge on any atom is -0.480 e. The molecule has 252 valence electrons. The van der Waals surface area contributed by atoms with Gasteiger partial charge in [-0.2, -0.15) is 26.3 Å². The van der Waals surface area contributed by atoms with Gasteiger partial charge in [0.15, 0.2) is 11.5 Å². The van der Waals surface area contributed by atoms with E-state index in [1.165, 1.54) is 24.1 Å². The molecule has 1 saturated carbocycles. The molecule has 0 unspecified atom stereocenters. The Kier molecular flexibility index (Phi) is 9.24. The fourth-order valence-corrected chi connectivity index (χ4v) is 4.84. The Morgan fingerprint density at radius 2 is 1.67 bits per heavy atom. The minimum atomic E-state index is -5.08. The maximum atomic E-state index is 13.3. The molecule has 1 aliphatic rings. The SMILES string of the molecule is COc1ncnc(C2CC2)c1-c1ncc2ccc(=O)n(Cc3ccc(-c4nc(C(F)(F)F)cn4C(C)C)cc3)c2n1.O=C(O)C(F)(F)F. The van der Waals surface area contributed by atoms with Crippen molar-refractivity contribution in [2.75, 3.05) is 7.11 Å². The number of ether oxygens (including phenoxy) is 1. The van der Waals surface area contributed by atoms with Gasteiger partial charge in [0, 0.05) is 41.4 Å². The molecule has 5 aromatic rings. The number of hydrogen-bond acceptors (Lipinski definition) is 8. The molecule has 1 fully saturated rings. The summed E-state index contributed by atoms with van der Waals surface area (Å²) < 4.78 is 80.3. The number of pyridine rings is 1. The third-order valence-electron chi connectivity index (χ3n) is 7.32. The van der Waals surface area contributed by atoms with E-state index in [0.29, 0.717) is 33.9 Å². The lowest BCUT2D eigenvalue weighted by atomic mass is 10.1. The van der Waals surface area contributed by atoms with Crippen LogP contribution in [0.5, 0.6) is 5.88 Å². The molecule has 11 nitrogen and oxygen atoms in total. The lowest BCUT2D eigenvalue weighted by Gasteiger charge is -2.14. The third kappa shape index (κ3) is 7.29. The van der Waals surface area contributed by atoms with Crippen molar-refractivity contribution >= 4 is 17.0 Å². The second kappa shape index (κ2) is 13.0. The van der Waals surface area contributed by atoms with Crippen molar-refractivity contribution in [1.29, 1.82) is 0 Å². The Bertz CT molecular complexity index is 2020. The number of hydrogen-bond donors (Lipinski definition) is 1. The van der Waals surface area contributed by atoms with Gasteiger partial charge in [-0.3, -0.25) is 9.36 Å². The summed E-state index contributed by atoms with van der Waals surface area (Å²) >= 11 is 0. The topological polar surface area (TPSA) is 138 Å². The van der Waals surface area contributed by atoms with Crippen LogP contribution in [-0.2, 0) is 17.5 Å². The third-order valence-corrected chi connectivity index (χ3v) is 7.32. The fourth-order valence-electron chi connectivity index (χ4n) is 4.84. The molecule has 0 amide bonds. The largest absolute Gasteiger partial charge is 0.490 e. The maximum absolute atomic E-state index is 13.3. The van der Waals surface area contributed by atoms with Gasteiger partial charge >= 0.3 is 18.3 Å². The molecular weight excluding hydrogens is 648 g/mol. The van der Waals surface area contributed by atoms with Crippen LogP contribution >= 0.6 is 0 Å². The first-order chi connectivity index (χ1) is 22.6. The Balaban J connectivity index is 0.000000582. The molecular formula is C31H27F6N7O4. The first kappa shape index (κ1) is 34.0. The second-order valence-corrected chi connectivity index (χ2v) is 11.1. The van der Waals surface area contributed by atoms with Crippen LogP contribution in [0.1, 0.15) is 55.6 Å².